The standard InChI is InChI=1S/C16H21N5O3S/c17-14-6-7-21(11-15(14)22)10-12-8-18-16(19-9-12)20-25(23,24)13-4-2-1-3-5-13/h1-5,8-9,14-15,22H,6-7,10-11,17H2,(H,18,19,20)/t14-,15-/m1/s1. The van der Waals surface area contributed by atoms with Crippen LogP contribution in [0.2, 0.25) is 0 Å². The first-order chi connectivity index (χ1) is 11.9. The number of nitrogens with zero attached hydrogens (tertiary/aromatic N) is 3. The smallest absolute Gasteiger partial charge is 0.264 e. The van der Waals surface area contributed by atoms with Gasteiger partial charge in [-0.1, -0.05) is 18.2 Å². The van der Waals surface area contributed by atoms with Crippen molar-refractivity contribution in [3.63, 3.8) is 0 Å². The monoisotopic (exact) mass is 363 g/mol. The number of aliphatic hydroxyl groups is 1. The first-order valence-corrected chi connectivity index (χ1v) is 9.47. The molecule has 134 valence electrons. The summed E-state index contributed by atoms with van der Waals surface area (Å²) < 4.78 is 26.8. The molecule has 1 aromatic heterocycles. The van der Waals surface area contributed by atoms with Gasteiger partial charge < -0.3 is 10.8 Å². The second-order valence-electron chi connectivity index (χ2n) is 6.09. The summed E-state index contributed by atoms with van der Waals surface area (Å²) in [6.45, 7) is 1.87. The van der Waals surface area contributed by atoms with Gasteiger partial charge in [-0.05, 0) is 18.6 Å². The second-order valence-corrected chi connectivity index (χ2v) is 7.77. The number of rotatable bonds is 5. The number of β-amino-alcohol motifs (C(OH)–C–C–N with tert-alkyl or cyclic N) is 1. The third-order valence-corrected chi connectivity index (χ3v) is 5.45. The summed E-state index contributed by atoms with van der Waals surface area (Å²) in [7, 11) is -3.70. The highest BCUT2D eigenvalue weighted by atomic mass is 32.2. The van der Waals surface area contributed by atoms with E-state index in [1.807, 2.05) is 0 Å². The van der Waals surface area contributed by atoms with E-state index in [9.17, 15) is 13.5 Å². The maximum absolute atomic E-state index is 12.2. The molecular formula is C16H21N5O3S. The molecule has 1 aromatic carbocycles. The Labute approximate surface area is 146 Å². The Bertz CT molecular complexity index is 798. The lowest BCUT2D eigenvalue weighted by Crippen LogP contribution is -2.50. The molecule has 0 saturated carbocycles. The Morgan fingerprint density at radius 3 is 2.56 bits per heavy atom. The number of aromatic nitrogens is 2. The van der Waals surface area contributed by atoms with Crippen LogP contribution in [0, 0.1) is 0 Å². The van der Waals surface area contributed by atoms with Gasteiger partial charge in [0.05, 0.1) is 11.0 Å². The molecule has 1 fully saturated rings. The lowest BCUT2D eigenvalue weighted by Gasteiger charge is -2.33. The molecule has 9 heteroatoms. The van der Waals surface area contributed by atoms with Crippen molar-refractivity contribution in [2.45, 2.75) is 30.0 Å². The van der Waals surface area contributed by atoms with Crippen molar-refractivity contribution in [3.8, 4) is 0 Å². The van der Waals surface area contributed by atoms with Crippen molar-refractivity contribution in [2.75, 3.05) is 17.8 Å². The number of nitrogens with one attached hydrogen (secondary N) is 1. The van der Waals surface area contributed by atoms with Gasteiger partial charge in [-0.25, -0.2) is 23.1 Å². The molecule has 0 bridgehead atoms. The number of sulfonamides is 1. The number of anilines is 1. The van der Waals surface area contributed by atoms with Crippen LogP contribution >= 0.6 is 0 Å². The summed E-state index contributed by atoms with van der Waals surface area (Å²) in [5, 5.41) is 9.83. The number of benzene rings is 1. The molecule has 4 N–H and O–H groups in total. The molecule has 1 aliphatic heterocycles. The van der Waals surface area contributed by atoms with Crippen LogP contribution in [-0.2, 0) is 16.6 Å². The van der Waals surface area contributed by atoms with Crippen LogP contribution in [-0.4, -0.2) is 53.6 Å². The second kappa shape index (κ2) is 7.44. The van der Waals surface area contributed by atoms with Crippen LogP contribution in [0.5, 0.6) is 0 Å². The van der Waals surface area contributed by atoms with Crippen molar-refractivity contribution in [3.05, 3.63) is 48.3 Å². The van der Waals surface area contributed by atoms with E-state index >= 15 is 0 Å². The zero-order valence-electron chi connectivity index (χ0n) is 13.6. The van der Waals surface area contributed by atoms with Crippen molar-refractivity contribution < 1.29 is 13.5 Å². The normalized spacial score (nSPS) is 21.8. The maximum Gasteiger partial charge on any atom is 0.264 e. The van der Waals surface area contributed by atoms with Crippen LogP contribution in [0.1, 0.15) is 12.0 Å². The largest absolute Gasteiger partial charge is 0.390 e. The lowest BCUT2D eigenvalue weighted by atomic mass is 10.0. The first kappa shape index (κ1) is 17.7. The highest BCUT2D eigenvalue weighted by Crippen LogP contribution is 2.15. The van der Waals surface area contributed by atoms with E-state index in [1.54, 1.807) is 30.6 Å². The van der Waals surface area contributed by atoms with E-state index in [2.05, 4.69) is 19.6 Å². The van der Waals surface area contributed by atoms with Crippen molar-refractivity contribution in [1.82, 2.24) is 14.9 Å². The average molecular weight is 363 g/mol. The van der Waals surface area contributed by atoms with Gasteiger partial charge >= 0.3 is 0 Å². The van der Waals surface area contributed by atoms with Gasteiger partial charge in [0.2, 0.25) is 5.95 Å². The summed E-state index contributed by atoms with van der Waals surface area (Å²) in [5.74, 6) is 0.0216. The summed E-state index contributed by atoms with van der Waals surface area (Å²) in [4.78, 5) is 10.4. The third-order valence-electron chi connectivity index (χ3n) is 4.11. The van der Waals surface area contributed by atoms with Gasteiger partial charge in [-0.2, -0.15) is 0 Å². The molecule has 0 unspecified atom stereocenters. The number of aliphatic hydroxyl groups excluding tert-OH is 1. The minimum atomic E-state index is -3.70. The number of hydrogen-bond acceptors (Lipinski definition) is 7. The van der Waals surface area contributed by atoms with E-state index in [1.165, 1.54) is 12.1 Å². The molecule has 0 aliphatic carbocycles. The third kappa shape index (κ3) is 4.51. The number of piperidine rings is 1. The van der Waals surface area contributed by atoms with Gasteiger partial charge in [0, 0.05) is 43.6 Å². The quantitative estimate of drug-likeness (QED) is 0.692. The van der Waals surface area contributed by atoms with Crippen LogP contribution in [0.15, 0.2) is 47.6 Å². The van der Waals surface area contributed by atoms with Crippen molar-refractivity contribution in [1.29, 1.82) is 0 Å². The molecule has 1 saturated heterocycles. The average Bonchev–Trinajstić information content (AvgIpc) is 2.60. The molecule has 0 radical (unpaired) electrons. The van der Waals surface area contributed by atoms with Gasteiger partial charge in [-0.15, -0.1) is 0 Å². The maximum atomic E-state index is 12.2. The molecule has 25 heavy (non-hydrogen) atoms. The fourth-order valence-electron chi connectivity index (χ4n) is 2.68. The number of hydrogen-bond donors (Lipinski definition) is 3. The van der Waals surface area contributed by atoms with Gasteiger partial charge in [0.15, 0.2) is 0 Å². The zero-order valence-corrected chi connectivity index (χ0v) is 14.4. The molecular weight excluding hydrogens is 342 g/mol. The van der Waals surface area contributed by atoms with Crippen molar-refractivity contribution in [2.24, 2.45) is 5.73 Å². The highest BCUT2D eigenvalue weighted by molar-refractivity contribution is 7.92. The lowest BCUT2D eigenvalue weighted by molar-refractivity contribution is 0.0498. The van der Waals surface area contributed by atoms with Gasteiger partial charge in [0.25, 0.3) is 10.0 Å². The summed E-state index contributed by atoms with van der Waals surface area (Å²) in [6.07, 6.45) is 3.36. The van der Waals surface area contributed by atoms with Crippen LogP contribution in [0.4, 0.5) is 5.95 Å². The van der Waals surface area contributed by atoms with Gasteiger partial charge in [0.1, 0.15) is 0 Å². The molecule has 1 aliphatic rings. The van der Waals surface area contributed by atoms with E-state index in [-0.39, 0.29) is 16.9 Å². The number of nitrogens with two attached hydrogens (primary N) is 1. The Hall–Kier alpha value is -2.07. The Kier molecular flexibility index (Phi) is 5.28. The van der Waals surface area contributed by atoms with Crippen LogP contribution < -0.4 is 10.5 Å². The molecule has 3 rings (SSSR count). The summed E-state index contributed by atoms with van der Waals surface area (Å²) in [5.41, 5.74) is 6.63. The Morgan fingerprint density at radius 1 is 1.24 bits per heavy atom. The minimum absolute atomic E-state index is 0.0216. The SMILES string of the molecule is N[C@@H]1CCN(Cc2cnc(NS(=O)(=O)c3ccccc3)nc2)C[C@H]1O. The predicted octanol–water partition coefficient (Wildman–Crippen LogP) is 0.171. The summed E-state index contributed by atoms with van der Waals surface area (Å²) >= 11 is 0. The molecule has 0 spiro atoms. The molecule has 0 amide bonds. The Morgan fingerprint density at radius 2 is 1.92 bits per heavy atom. The highest BCUT2D eigenvalue weighted by Gasteiger charge is 2.24. The number of likely N-dealkylation sites (tertiary alicyclic amines) is 1. The van der Waals surface area contributed by atoms with E-state index in [0.29, 0.717) is 13.1 Å². The van der Waals surface area contributed by atoms with Crippen LogP contribution in [0.25, 0.3) is 0 Å². The predicted molar refractivity (Wildman–Crippen MR) is 93.2 cm³/mol. The zero-order chi connectivity index (χ0) is 17.9. The topological polar surface area (TPSA) is 121 Å². The molecule has 2 heterocycles. The summed E-state index contributed by atoms with van der Waals surface area (Å²) in [6, 6.07) is 7.87. The van der Waals surface area contributed by atoms with Gasteiger partial charge in [-0.3, -0.25) is 4.90 Å². The Balaban J connectivity index is 1.63. The fraction of sp³-hybridized carbons (Fsp3) is 0.375. The molecule has 8 nitrogen and oxygen atoms in total. The minimum Gasteiger partial charge on any atom is -0.390 e. The molecule has 2 aromatic rings. The van der Waals surface area contributed by atoms with Crippen LogP contribution in [0.3, 0.4) is 0 Å². The molecule has 2 atom stereocenters. The fourth-order valence-corrected chi connectivity index (χ4v) is 3.66. The first-order valence-electron chi connectivity index (χ1n) is 7.99. The van der Waals surface area contributed by atoms with E-state index in [4.69, 9.17) is 5.73 Å². The van der Waals surface area contributed by atoms with E-state index < -0.39 is 16.1 Å². The van der Waals surface area contributed by atoms with Crippen molar-refractivity contribution >= 4 is 16.0 Å². The van der Waals surface area contributed by atoms with E-state index in [0.717, 1.165) is 18.5 Å².